The lowest BCUT2D eigenvalue weighted by atomic mass is 10.0. The SMILES string of the molecule is CCN(CC(=O)O)C1CCN(C(=O)CSc2cccc(OC)c2)CC1. The summed E-state index contributed by atoms with van der Waals surface area (Å²) in [6, 6.07) is 7.94. The molecular formula is C18H26N2O4S. The van der Waals surface area contributed by atoms with Crippen LogP contribution in [0.3, 0.4) is 0 Å². The number of hydrogen-bond donors (Lipinski definition) is 1. The number of piperidine rings is 1. The molecule has 25 heavy (non-hydrogen) atoms. The number of likely N-dealkylation sites (N-methyl/N-ethyl adjacent to an activating group) is 1. The van der Waals surface area contributed by atoms with E-state index in [-0.39, 0.29) is 18.5 Å². The maximum atomic E-state index is 12.4. The van der Waals surface area contributed by atoms with Gasteiger partial charge in [0.25, 0.3) is 0 Å². The summed E-state index contributed by atoms with van der Waals surface area (Å²) in [5, 5.41) is 8.98. The summed E-state index contributed by atoms with van der Waals surface area (Å²) in [6.45, 7) is 4.15. The highest BCUT2D eigenvalue weighted by molar-refractivity contribution is 8.00. The van der Waals surface area contributed by atoms with Crippen molar-refractivity contribution < 1.29 is 19.4 Å². The van der Waals surface area contributed by atoms with Gasteiger partial charge in [0.1, 0.15) is 5.75 Å². The average Bonchev–Trinajstić information content (AvgIpc) is 2.64. The highest BCUT2D eigenvalue weighted by atomic mass is 32.2. The van der Waals surface area contributed by atoms with Gasteiger partial charge in [-0.15, -0.1) is 11.8 Å². The van der Waals surface area contributed by atoms with Gasteiger partial charge in [-0.1, -0.05) is 13.0 Å². The van der Waals surface area contributed by atoms with Gasteiger partial charge in [-0.2, -0.15) is 0 Å². The maximum Gasteiger partial charge on any atom is 0.317 e. The molecule has 1 amide bonds. The highest BCUT2D eigenvalue weighted by Crippen LogP contribution is 2.24. The van der Waals surface area contributed by atoms with Crippen molar-refractivity contribution in [1.29, 1.82) is 0 Å². The number of rotatable bonds is 8. The van der Waals surface area contributed by atoms with Crippen molar-refractivity contribution in [3.63, 3.8) is 0 Å². The number of likely N-dealkylation sites (tertiary alicyclic amines) is 1. The van der Waals surface area contributed by atoms with Crippen molar-refractivity contribution in [2.75, 3.05) is 39.0 Å². The normalized spacial score (nSPS) is 15.4. The van der Waals surface area contributed by atoms with Crippen LogP contribution < -0.4 is 4.74 Å². The zero-order valence-electron chi connectivity index (χ0n) is 14.8. The number of amides is 1. The van der Waals surface area contributed by atoms with Crippen molar-refractivity contribution in [1.82, 2.24) is 9.80 Å². The molecular weight excluding hydrogens is 340 g/mol. The number of ether oxygens (including phenoxy) is 1. The number of carbonyl (C=O) groups is 2. The third-order valence-electron chi connectivity index (χ3n) is 4.48. The molecule has 1 saturated heterocycles. The molecule has 0 radical (unpaired) electrons. The van der Waals surface area contributed by atoms with Crippen molar-refractivity contribution in [2.45, 2.75) is 30.7 Å². The number of hydrogen-bond acceptors (Lipinski definition) is 5. The molecule has 0 saturated carbocycles. The second-order valence-corrected chi connectivity index (χ2v) is 7.09. The lowest BCUT2D eigenvalue weighted by Gasteiger charge is -2.37. The van der Waals surface area contributed by atoms with Crippen LogP contribution in [0.25, 0.3) is 0 Å². The largest absolute Gasteiger partial charge is 0.497 e. The third kappa shape index (κ3) is 5.93. The van der Waals surface area contributed by atoms with Crippen LogP contribution >= 0.6 is 11.8 Å². The van der Waals surface area contributed by atoms with E-state index in [1.807, 2.05) is 41.0 Å². The van der Waals surface area contributed by atoms with Gasteiger partial charge in [0, 0.05) is 24.0 Å². The number of carbonyl (C=O) groups excluding carboxylic acids is 1. The Bertz CT molecular complexity index is 588. The molecule has 2 rings (SSSR count). The number of benzene rings is 1. The van der Waals surface area contributed by atoms with Gasteiger partial charge >= 0.3 is 5.97 Å². The maximum absolute atomic E-state index is 12.4. The van der Waals surface area contributed by atoms with Crippen molar-refractivity contribution in [2.24, 2.45) is 0 Å². The lowest BCUT2D eigenvalue weighted by Crippen LogP contribution is -2.48. The van der Waals surface area contributed by atoms with Gasteiger partial charge in [-0.25, -0.2) is 0 Å². The van der Waals surface area contributed by atoms with Gasteiger partial charge in [0.05, 0.1) is 19.4 Å². The van der Waals surface area contributed by atoms with Crippen molar-refractivity contribution in [3.05, 3.63) is 24.3 Å². The summed E-state index contributed by atoms with van der Waals surface area (Å²) in [4.78, 5) is 28.2. The number of carboxylic acid groups (broad SMARTS) is 1. The number of carboxylic acids is 1. The predicted octanol–water partition coefficient (Wildman–Crippen LogP) is 2.18. The smallest absolute Gasteiger partial charge is 0.317 e. The van der Waals surface area contributed by atoms with Crippen LogP contribution in [0.4, 0.5) is 0 Å². The van der Waals surface area contributed by atoms with Crippen LogP contribution in [0, 0.1) is 0 Å². The summed E-state index contributed by atoms with van der Waals surface area (Å²) < 4.78 is 5.20. The van der Waals surface area contributed by atoms with E-state index in [0.717, 1.165) is 30.0 Å². The minimum atomic E-state index is -0.796. The Morgan fingerprint density at radius 3 is 2.68 bits per heavy atom. The van der Waals surface area contributed by atoms with Gasteiger partial charge in [-0.3, -0.25) is 14.5 Å². The first-order valence-corrected chi connectivity index (χ1v) is 9.52. The van der Waals surface area contributed by atoms with Gasteiger partial charge in [0.2, 0.25) is 5.91 Å². The second-order valence-electron chi connectivity index (χ2n) is 6.04. The highest BCUT2D eigenvalue weighted by Gasteiger charge is 2.27. The van der Waals surface area contributed by atoms with Crippen molar-refractivity contribution >= 4 is 23.6 Å². The molecule has 1 aromatic rings. The van der Waals surface area contributed by atoms with E-state index >= 15 is 0 Å². The standard InChI is InChI=1S/C18H26N2O4S/c1-3-19(12-18(22)23)14-7-9-20(10-8-14)17(21)13-25-16-6-4-5-15(11-16)24-2/h4-6,11,14H,3,7-10,12-13H2,1-2H3,(H,22,23). The first-order valence-electron chi connectivity index (χ1n) is 8.54. The Morgan fingerprint density at radius 2 is 2.08 bits per heavy atom. The van der Waals surface area contributed by atoms with Crippen LogP contribution in [0.15, 0.2) is 29.2 Å². The van der Waals surface area contributed by atoms with Crippen LogP contribution in [0.2, 0.25) is 0 Å². The Kier molecular flexibility index (Phi) is 7.58. The van der Waals surface area contributed by atoms with E-state index in [1.54, 1.807) is 7.11 Å². The van der Waals surface area contributed by atoms with Gasteiger partial charge in [0.15, 0.2) is 0 Å². The topological polar surface area (TPSA) is 70.1 Å². The molecule has 0 spiro atoms. The summed E-state index contributed by atoms with van der Waals surface area (Å²) in [5.41, 5.74) is 0. The first-order chi connectivity index (χ1) is 12.0. The van der Waals surface area contributed by atoms with Crippen molar-refractivity contribution in [3.8, 4) is 5.75 Å². The Labute approximate surface area is 153 Å². The monoisotopic (exact) mass is 366 g/mol. The van der Waals surface area contributed by atoms with Crippen LogP contribution in [0.1, 0.15) is 19.8 Å². The van der Waals surface area contributed by atoms with E-state index in [1.165, 1.54) is 11.8 Å². The summed E-state index contributed by atoms with van der Waals surface area (Å²) in [7, 11) is 1.63. The lowest BCUT2D eigenvalue weighted by molar-refractivity contribution is -0.140. The Morgan fingerprint density at radius 1 is 1.36 bits per heavy atom. The zero-order chi connectivity index (χ0) is 18.2. The molecule has 7 heteroatoms. The number of methoxy groups -OCH3 is 1. The van der Waals surface area contributed by atoms with E-state index < -0.39 is 5.97 Å². The van der Waals surface area contributed by atoms with E-state index in [9.17, 15) is 9.59 Å². The predicted molar refractivity (Wildman–Crippen MR) is 98.2 cm³/mol. The van der Waals surface area contributed by atoms with Crippen LogP contribution in [0.5, 0.6) is 5.75 Å². The average molecular weight is 366 g/mol. The first kappa shape index (κ1) is 19.6. The fraction of sp³-hybridized carbons (Fsp3) is 0.556. The molecule has 6 nitrogen and oxygen atoms in total. The molecule has 138 valence electrons. The molecule has 1 aliphatic rings. The summed E-state index contributed by atoms with van der Waals surface area (Å²) >= 11 is 1.51. The van der Waals surface area contributed by atoms with E-state index in [0.29, 0.717) is 18.8 Å². The summed E-state index contributed by atoms with van der Waals surface area (Å²) in [6.07, 6.45) is 1.66. The van der Waals surface area contributed by atoms with Gasteiger partial charge < -0.3 is 14.7 Å². The molecule has 1 aromatic carbocycles. The molecule has 1 heterocycles. The van der Waals surface area contributed by atoms with Gasteiger partial charge in [-0.05, 0) is 37.6 Å². The summed E-state index contributed by atoms with van der Waals surface area (Å²) in [5.74, 6) is 0.531. The quantitative estimate of drug-likeness (QED) is 0.711. The van der Waals surface area contributed by atoms with Crippen LogP contribution in [-0.4, -0.2) is 71.9 Å². The Hall–Kier alpha value is -1.73. The third-order valence-corrected chi connectivity index (χ3v) is 5.46. The molecule has 0 aromatic heterocycles. The van der Waals surface area contributed by atoms with E-state index in [2.05, 4.69) is 0 Å². The number of nitrogens with zero attached hydrogens (tertiary/aromatic N) is 2. The number of aliphatic carboxylic acids is 1. The molecule has 0 aliphatic carbocycles. The molecule has 0 bridgehead atoms. The van der Waals surface area contributed by atoms with Crippen LogP contribution in [-0.2, 0) is 9.59 Å². The molecule has 0 atom stereocenters. The molecule has 0 unspecified atom stereocenters. The number of thioether (sulfide) groups is 1. The second kappa shape index (κ2) is 9.68. The Balaban J connectivity index is 1.79. The fourth-order valence-electron chi connectivity index (χ4n) is 3.08. The minimum absolute atomic E-state index is 0.0702. The molecule has 1 N–H and O–H groups in total. The fourth-order valence-corrected chi connectivity index (χ4v) is 3.93. The molecule has 1 fully saturated rings. The molecule has 1 aliphatic heterocycles. The zero-order valence-corrected chi connectivity index (χ0v) is 15.6. The van der Waals surface area contributed by atoms with E-state index in [4.69, 9.17) is 9.84 Å². The minimum Gasteiger partial charge on any atom is -0.497 e.